The summed E-state index contributed by atoms with van der Waals surface area (Å²) in [5, 5.41) is 12.1. The predicted octanol–water partition coefficient (Wildman–Crippen LogP) is 1.99. The van der Waals surface area contributed by atoms with Gasteiger partial charge in [0.1, 0.15) is 6.04 Å². The average Bonchev–Trinajstić information content (AvgIpc) is 2.65. The summed E-state index contributed by atoms with van der Waals surface area (Å²) < 4.78 is 0. The van der Waals surface area contributed by atoms with Crippen LogP contribution in [0, 0.1) is 12.3 Å². The largest absolute Gasteiger partial charge is 0.480 e. The molecule has 1 saturated heterocycles. The highest BCUT2D eigenvalue weighted by molar-refractivity contribution is 5.74. The molecule has 2 N–H and O–H groups in total. The molecule has 1 aromatic rings. The Kier molecular flexibility index (Phi) is 3.20. The summed E-state index contributed by atoms with van der Waals surface area (Å²) in [4.78, 5) is 10.9. The monoisotopic (exact) mass is 233 g/mol. The molecule has 1 fully saturated rings. The van der Waals surface area contributed by atoms with Gasteiger partial charge >= 0.3 is 5.97 Å². The fraction of sp³-hybridized carbons (Fsp3) is 0.500. The molecule has 0 bridgehead atoms. The van der Waals surface area contributed by atoms with Crippen molar-refractivity contribution in [3.05, 3.63) is 35.4 Å². The normalized spacial score (nSPS) is 28.2. The fourth-order valence-electron chi connectivity index (χ4n) is 2.51. The molecule has 0 aromatic heterocycles. The quantitative estimate of drug-likeness (QED) is 0.839. The Morgan fingerprint density at radius 1 is 1.47 bits per heavy atom. The van der Waals surface area contributed by atoms with Gasteiger partial charge < -0.3 is 10.4 Å². The van der Waals surface area contributed by atoms with E-state index in [1.54, 1.807) is 0 Å². The Balaban J connectivity index is 2.04. The summed E-state index contributed by atoms with van der Waals surface area (Å²) in [6.07, 6.45) is 1.64. The van der Waals surface area contributed by atoms with Crippen molar-refractivity contribution in [2.24, 2.45) is 5.41 Å². The van der Waals surface area contributed by atoms with E-state index in [1.807, 2.05) is 0 Å². The van der Waals surface area contributed by atoms with Gasteiger partial charge in [0.25, 0.3) is 0 Å². The molecule has 0 aliphatic carbocycles. The van der Waals surface area contributed by atoms with Crippen LogP contribution in [0.3, 0.4) is 0 Å². The van der Waals surface area contributed by atoms with Crippen LogP contribution in [0.1, 0.15) is 24.5 Å². The third-order valence-electron chi connectivity index (χ3n) is 3.52. The van der Waals surface area contributed by atoms with Gasteiger partial charge in [-0.2, -0.15) is 0 Å². The number of carboxylic acid groups (broad SMARTS) is 1. The van der Waals surface area contributed by atoms with E-state index in [0.29, 0.717) is 6.42 Å². The van der Waals surface area contributed by atoms with E-state index in [2.05, 4.69) is 43.4 Å². The minimum absolute atomic E-state index is 0.0539. The van der Waals surface area contributed by atoms with Crippen LogP contribution in [-0.2, 0) is 11.2 Å². The second kappa shape index (κ2) is 4.49. The highest BCUT2D eigenvalue weighted by atomic mass is 16.4. The molecule has 2 atom stereocenters. The van der Waals surface area contributed by atoms with E-state index in [9.17, 15) is 4.79 Å². The van der Waals surface area contributed by atoms with Crippen molar-refractivity contribution in [2.75, 3.05) is 6.54 Å². The van der Waals surface area contributed by atoms with E-state index in [-0.39, 0.29) is 11.5 Å². The number of carboxylic acids is 1. The first kappa shape index (κ1) is 12.1. The van der Waals surface area contributed by atoms with Crippen molar-refractivity contribution >= 4 is 5.97 Å². The van der Waals surface area contributed by atoms with Crippen LogP contribution in [0.25, 0.3) is 0 Å². The molecule has 1 aromatic carbocycles. The first-order valence-electron chi connectivity index (χ1n) is 6.00. The molecule has 92 valence electrons. The number of carbonyl (C=O) groups is 1. The molecule has 1 heterocycles. The van der Waals surface area contributed by atoms with Crippen molar-refractivity contribution in [3.63, 3.8) is 0 Å². The number of hydrogen-bond donors (Lipinski definition) is 2. The van der Waals surface area contributed by atoms with Gasteiger partial charge in [0.2, 0.25) is 0 Å². The molecule has 0 radical (unpaired) electrons. The minimum Gasteiger partial charge on any atom is -0.480 e. The summed E-state index contributed by atoms with van der Waals surface area (Å²) in [5.41, 5.74) is 2.59. The Morgan fingerprint density at radius 3 is 2.65 bits per heavy atom. The minimum atomic E-state index is -0.738. The van der Waals surface area contributed by atoms with Crippen LogP contribution in [0.2, 0.25) is 0 Å². The summed E-state index contributed by atoms with van der Waals surface area (Å²) in [6.45, 7) is 5.00. The standard InChI is InChI=1S/C14H19NO2/c1-10-3-5-11(6-4-10)7-14(2)8-12(13(16)17)15-9-14/h3-6,12,15H,7-9H2,1-2H3,(H,16,17). The third kappa shape index (κ3) is 2.86. The summed E-state index contributed by atoms with van der Waals surface area (Å²) in [7, 11) is 0. The maximum absolute atomic E-state index is 10.9. The van der Waals surface area contributed by atoms with Gasteiger partial charge in [0, 0.05) is 6.54 Å². The molecule has 17 heavy (non-hydrogen) atoms. The van der Waals surface area contributed by atoms with Crippen molar-refractivity contribution in [3.8, 4) is 0 Å². The van der Waals surface area contributed by atoms with Crippen LogP contribution in [-0.4, -0.2) is 23.7 Å². The lowest BCUT2D eigenvalue weighted by Gasteiger charge is -2.22. The molecule has 0 amide bonds. The Morgan fingerprint density at radius 2 is 2.12 bits per heavy atom. The number of nitrogens with one attached hydrogen (secondary N) is 1. The summed E-state index contributed by atoms with van der Waals surface area (Å²) >= 11 is 0. The summed E-state index contributed by atoms with van der Waals surface area (Å²) in [5.74, 6) is -0.738. The van der Waals surface area contributed by atoms with Gasteiger partial charge in [-0.25, -0.2) is 0 Å². The zero-order chi connectivity index (χ0) is 12.5. The lowest BCUT2D eigenvalue weighted by atomic mass is 9.81. The SMILES string of the molecule is Cc1ccc(CC2(C)CNC(C(=O)O)C2)cc1. The first-order valence-corrected chi connectivity index (χ1v) is 6.00. The smallest absolute Gasteiger partial charge is 0.320 e. The third-order valence-corrected chi connectivity index (χ3v) is 3.52. The van der Waals surface area contributed by atoms with E-state index in [4.69, 9.17) is 5.11 Å². The number of hydrogen-bond acceptors (Lipinski definition) is 2. The molecule has 3 heteroatoms. The Bertz CT molecular complexity index is 413. The molecule has 0 saturated carbocycles. The van der Waals surface area contributed by atoms with Gasteiger partial charge in [0.15, 0.2) is 0 Å². The zero-order valence-electron chi connectivity index (χ0n) is 10.4. The maximum Gasteiger partial charge on any atom is 0.320 e. The molecule has 1 aliphatic heterocycles. The van der Waals surface area contributed by atoms with E-state index < -0.39 is 5.97 Å². The van der Waals surface area contributed by atoms with E-state index in [0.717, 1.165) is 13.0 Å². The highest BCUT2D eigenvalue weighted by Gasteiger charge is 2.38. The van der Waals surface area contributed by atoms with Crippen LogP contribution in [0.5, 0.6) is 0 Å². The maximum atomic E-state index is 10.9. The fourth-order valence-corrected chi connectivity index (χ4v) is 2.51. The lowest BCUT2D eigenvalue weighted by molar-refractivity contribution is -0.139. The number of aliphatic carboxylic acids is 1. The molecule has 2 unspecified atom stereocenters. The van der Waals surface area contributed by atoms with Gasteiger partial charge in [-0.1, -0.05) is 36.8 Å². The van der Waals surface area contributed by atoms with Gasteiger partial charge in [-0.3, -0.25) is 4.79 Å². The predicted molar refractivity (Wildman–Crippen MR) is 67.0 cm³/mol. The lowest BCUT2D eigenvalue weighted by Crippen LogP contribution is -2.30. The first-order chi connectivity index (χ1) is 7.98. The Labute approximate surface area is 102 Å². The van der Waals surface area contributed by atoms with Gasteiger partial charge in [0.05, 0.1) is 0 Å². The van der Waals surface area contributed by atoms with Crippen molar-refractivity contribution < 1.29 is 9.90 Å². The second-order valence-electron chi connectivity index (χ2n) is 5.45. The van der Waals surface area contributed by atoms with Crippen LogP contribution in [0.4, 0.5) is 0 Å². The van der Waals surface area contributed by atoms with Crippen molar-refractivity contribution in [2.45, 2.75) is 32.7 Å². The van der Waals surface area contributed by atoms with Crippen LogP contribution in [0.15, 0.2) is 24.3 Å². The molecular weight excluding hydrogens is 214 g/mol. The molecule has 1 aliphatic rings. The number of benzene rings is 1. The topological polar surface area (TPSA) is 49.3 Å². The second-order valence-corrected chi connectivity index (χ2v) is 5.45. The zero-order valence-corrected chi connectivity index (χ0v) is 10.4. The van der Waals surface area contributed by atoms with E-state index >= 15 is 0 Å². The van der Waals surface area contributed by atoms with E-state index in [1.165, 1.54) is 11.1 Å². The highest BCUT2D eigenvalue weighted by Crippen LogP contribution is 2.32. The molecular formula is C14H19NO2. The number of rotatable bonds is 3. The molecule has 0 spiro atoms. The van der Waals surface area contributed by atoms with Crippen LogP contribution >= 0.6 is 0 Å². The molecule has 3 nitrogen and oxygen atoms in total. The van der Waals surface area contributed by atoms with Crippen LogP contribution < -0.4 is 5.32 Å². The van der Waals surface area contributed by atoms with Gasteiger partial charge in [-0.05, 0) is 30.7 Å². The number of aryl methyl sites for hydroxylation is 1. The Hall–Kier alpha value is -1.35. The van der Waals surface area contributed by atoms with Crippen molar-refractivity contribution in [1.29, 1.82) is 0 Å². The average molecular weight is 233 g/mol. The molecule has 2 rings (SSSR count). The summed E-state index contributed by atoms with van der Waals surface area (Å²) in [6, 6.07) is 8.10. The van der Waals surface area contributed by atoms with Gasteiger partial charge in [-0.15, -0.1) is 0 Å². The van der Waals surface area contributed by atoms with Crippen molar-refractivity contribution in [1.82, 2.24) is 5.32 Å².